The molecule has 3 N–H and O–H groups in total. The third-order valence-electron chi connectivity index (χ3n) is 2.91. The molecular weight excluding hydrogens is 254 g/mol. The Morgan fingerprint density at radius 3 is 2.25 bits per heavy atom. The first-order chi connectivity index (χ1) is 9.39. The van der Waals surface area contributed by atoms with Crippen molar-refractivity contribution in [3.63, 3.8) is 0 Å². The van der Waals surface area contributed by atoms with Crippen molar-refractivity contribution < 1.29 is 9.59 Å². The quantitative estimate of drug-likeness (QED) is 0.747. The minimum Gasteiger partial charge on any atom is -0.326 e. The van der Waals surface area contributed by atoms with Gasteiger partial charge in [0.25, 0.3) is 0 Å². The van der Waals surface area contributed by atoms with E-state index in [-0.39, 0.29) is 11.8 Å². The van der Waals surface area contributed by atoms with Gasteiger partial charge in [-0.05, 0) is 38.6 Å². The summed E-state index contributed by atoms with van der Waals surface area (Å²) in [6.45, 7) is 8.12. The lowest BCUT2D eigenvalue weighted by Crippen LogP contribution is -2.49. The summed E-state index contributed by atoms with van der Waals surface area (Å²) in [6.07, 6.45) is 0.421. The monoisotopic (exact) mass is 277 g/mol. The highest BCUT2D eigenvalue weighted by atomic mass is 16.2. The summed E-state index contributed by atoms with van der Waals surface area (Å²) in [4.78, 5) is 23.5. The molecule has 0 aliphatic rings. The maximum absolute atomic E-state index is 12.2. The maximum atomic E-state index is 12.2. The number of hydrogen-bond donors (Lipinski definition) is 3. The summed E-state index contributed by atoms with van der Waals surface area (Å²) >= 11 is 0. The Balaban J connectivity index is 2.75. The zero-order valence-corrected chi connectivity index (χ0v) is 12.5. The second-order valence-corrected chi connectivity index (χ2v) is 5.09. The smallest absolute Gasteiger partial charge is 0.244 e. The van der Waals surface area contributed by atoms with Crippen molar-refractivity contribution in [3.05, 3.63) is 24.3 Å². The van der Waals surface area contributed by atoms with Crippen LogP contribution in [0.2, 0.25) is 0 Å². The molecule has 0 spiro atoms. The molecule has 1 rings (SSSR count). The van der Waals surface area contributed by atoms with Gasteiger partial charge in [-0.25, -0.2) is 0 Å². The molecule has 5 heteroatoms. The Morgan fingerprint density at radius 1 is 1.10 bits per heavy atom. The molecule has 0 aromatic heterocycles. The number of carbonyl (C=O) groups excluding carboxylic acids is 2. The number of hydrogen-bond acceptors (Lipinski definition) is 3. The summed E-state index contributed by atoms with van der Waals surface area (Å²) in [6, 6.07) is 7.12. The van der Waals surface area contributed by atoms with Crippen LogP contribution in [0.4, 0.5) is 11.4 Å². The molecule has 2 amide bonds. The van der Waals surface area contributed by atoms with Crippen LogP contribution >= 0.6 is 0 Å². The summed E-state index contributed by atoms with van der Waals surface area (Å²) in [5, 5.41) is 8.73. The van der Waals surface area contributed by atoms with Gasteiger partial charge in [0.05, 0.1) is 5.54 Å². The van der Waals surface area contributed by atoms with Crippen molar-refractivity contribution in [1.82, 2.24) is 5.32 Å². The van der Waals surface area contributed by atoms with Gasteiger partial charge in [0, 0.05) is 17.8 Å². The van der Waals surface area contributed by atoms with Crippen LogP contribution in [0.5, 0.6) is 0 Å². The second-order valence-electron chi connectivity index (χ2n) is 5.09. The van der Waals surface area contributed by atoms with Gasteiger partial charge in [-0.2, -0.15) is 0 Å². The van der Waals surface area contributed by atoms with E-state index in [1.165, 1.54) is 0 Å². The number of benzene rings is 1. The highest BCUT2D eigenvalue weighted by molar-refractivity contribution is 5.98. The van der Waals surface area contributed by atoms with E-state index >= 15 is 0 Å². The van der Waals surface area contributed by atoms with E-state index < -0.39 is 5.54 Å². The van der Waals surface area contributed by atoms with Crippen molar-refractivity contribution in [2.45, 2.75) is 39.7 Å². The second kappa shape index (κ2) is 7.05. The minimum absolute atomic E-state index is 0.0542. The zero-order valence-electron chi connectivity index (χ0n) is 12.5. The predicted molar refractivity (Wildman–Crippen MR) is 81.7 cm³/mol. The van der Waals surface area contributed by atoms with Crippen LogP contribution in [0.3, 0.4) is 0 Å². The number of rotatable bonds is 6. The van der Waals surface area contributed by atoms with Gasteiger partial charge >= 0.3 is 0 Å². The molecule has 0 radical (unpaired) electrons. The number of amides is 2. The number of nitrogens with one attached hydrogen (secondary N) is 3. The van der Waals surface area contributed by atoms with Crippen LogP contribution in [0, 0.1) is 0 Å². The Labute approximate surface area is 120 Å². The van der Waals surface area contributed by atoms with Crippen molar-refractivity contribution in [3.8, 4) is 0 Å². The largest absolute Gasteiger partial charge is 0.326 e. The Morgan fingerprint density at radius 2 is 1.70 bits per heavy atom. The minimum atomic E-state index is -0.641. The SMILES string of the molecule is CCNC(C)(C)C(=O)Nc1cccc(NC(=O)CC)c1. The third-order valence-corrected chi connectivity index (χ3v) is 2.91. The molecule has 0 saturated heterocycles. The van der Waals surface area contributed by atoms with Crippen LogP contribution in [-0.4, -0.2) is 23.9 Å². The Bertz CT molecular complexity index is 484. The fourth-order valence-electron chi connectivity index (χ4n) is 1.73. The van der Waals surface area contributed by atoms with Gasteiger partial charge in [0.15, 0.2) is 0 Å². The molecular formula is C15H23N3O2. The summed E-state index contributed by atoms with van der Waals surface area (Å²) in [7, 11) is 0. The average molecular weight is 277 g/mol. The Kier molecular flexibility index (Phi) is 5.70. The van der Waals surface area contributed by atoms with E-state index in [1.54, 1.807) is 31.2 Å². The highest BCUT2D eigenvalue weighted by Gasteiger charge is 2.26. The Hall–Kier alpha value is -1.88. The van der Waals surface area contributed by atoms with E-state index in [1.807, 2.05) is 20.8 Å². The van der Waals surface area contributed by atoms with E-state index in [2.05, 4.69) is 16.0 Å². The van der Waals surface area contributed by atoms with Crippen LogP contribution < -0.4 is 16.0 Å². The molecule has 0 aliphatic heterocycles. The maximum Gasteiger partial charge on any atom is 0.244 e. The first-order valence-corrected chi connectivity index (χ1v) is 6.85. The van der Waals surface area contributed by atoms with Crippen LogP contribution in [-0.2, 0) is 9.59 Å². The zero-order chi connectivity index (χ0) is 15.2. The summed E-state index contributed by atoms with van der Waals surface area (Å²) in [5.41, 5.74) is 0.697. The molecule has 0 bridgehead atoms. The van der Waals surface area contributed by atoms with Gasteiger partial charge in [-0.3, -0.25) is 9.59 Å². The lowest BCUT2D eigenvalue weighted by molar-refractivity contribution is -0.121. The lowest BCUT2D eigenvalue weighted by atomic mass is 10.0. The average Bonchev–Trinajstić information content (AvgIpc) is 2.38. The predicted octanol–water partition coefficient (Wildman–Crippen LogP) is 2.36. The van der Waals surface area contributed by atoms with Gasteiger partial charge in [0.1, 0.15) is 0 Å². The van der Waals surface area contributed by atoms with Gasteiger partial charge in [-0.1, -0.05) is 19.9 Å². The fraction of sp³-hybridized carbons (Fsp3) is 0.467. The first kappa shape index (κ1) is 16.2. The molecule has 0 saturated carbocycles. The van der Waals surface area contributed by atoms with Crippen LogP contribution in [0.25, 0.3) is 0 Å². The van der Waals surface area contributed by atoms with Crippen LogP contribution in [0.15, 0.2) is 24.3 Å². The molecule has 0 unspecified atom stereocenters. The molecule has 1 aromatic rings. The van der Waals surface area contributed by atoms with E-state index in [9.17, 15) is 9.59 Å². The number of anilines is 2. The molecule has 20 heavy (non-hydrogen) atoms. The van der Waals surface area contributed by atoms with E-state index in [4.69, 9.17) is 0 Å². The molecule has 0 atom stereocenters. The van der Waals surface area contributed by atoms with Crippen molar-refractivity contribution >= 4 is 23.2 Å². The van der Waals surface area contributed by atoms with Crippen molar-refractivity contribution in [1.29, 1.82) is 0 Å². The van der Waals surface area contributed by atoms with Crippen LogP contribution in [0.1, 0.15) is 34.1 Å². The standard InChI is InChI=1S/C15H23N3O2/c1-5-13(19)17-11-8-7-9-12(10-11)18-14(20)15(3,4)16-6-2/h7-10,16H,5-6H2,1-4H3,(H,17,19)(H,18,20). The van der Waals surface area contributed by atoms with Gasteiger partial charge in [-0.15, -0.1) is 0 Å². The first-order valence-electron chi connectivity index (χ1n) is 6.85. The molecule has 0 aliphatic carbocycles. The molecule has 0 fully saturated rings. The summed E-state index contributed by atoms with van der Waals surface area (Å²) in [5.74, 6) is -0.167. The van der Waals surface area contributed by atoms with E-state index in [0.717, 1.165) is 0 Å². The lowest BCUT2D eigenvalue weighted by Gasteiger charge is -2.24. The number of carbonyl (C=O) groups is 2. The molecule has 5 nitrogen and oxygen atoms in total. The van der Waals surface area contributed by atoms with Gasteiger partial charge in [0.2, 0.25) is 11.8 Å². The van der Waals surface area contributed by atoms with Crippen molar-refractivity contribution in [2.75, 3.05) is 17.2 Å². The normalized spacial score (nSPS) is 11.0. The molecule has 110 valence electrons. The van der Waals surface area contributed by atoms with Crippen molar-refractivity contribution in [2.24, 2.45) is 0 Å². The number of likely N-dealkylation sites (N-methyl/N-ethyl adjacent to an activating group) is 1. The molecule has 1 aromatic carbocycles. The third kappa shape index (κ3) is 4.66. The highest BCUT2D eigenvalue weighted by Crippen LogP contribution is 2.17. The summed E-state index contributed by atoms with van der Waals surface area (Å²) < 4.78 is 0. The fourth-order valence-corrected chi connectivity index (χ4v) is 1.73. The topological polar surface area (TPSA) is 70.2 Å². The molecule has 0 heterocycles. The van der Waals surface area contributed by atoms with Gasteiger partial charge < -0.3 is 16.0 Å². The van der Waals surface area contributed by atoms with E-state index in [0.29, 0.717) is 24.3 Å².